The maximum atomic E-state index is 5.92. The van der Waals surface area contributed by atoms with Crippen LogP contribution in [0.4, 0.5) is 0 Å². The van der Waals surface area contributed by atoms with Crippen molar-refractivity contribution in [2.45, 2.75) is 13.0 Å². The largest absolute Gasteiger partial charge is 0.376 e. The summed E-state index contributed by atoms with van der Waals surface area (Å²) in [6.45, 7) is 1.36. The van der Waals surface area contributed by atoms with E-state index in [4.69, 9.17) is 4.74 Å². The maximum Gasteiger partial charge on any atom is 0.0717 e. The van der Waals surface area contributed by atoms with Gasteiger partial charge in [-0.3, -0.25) is 0 Å². The molecule has 0 atom stereocenters. The number of fused-ring (bicyclic) bond motifs is 1. The lowest BCUT2D eigenvalue weighted by molar-refractivity contribution is 0.124. The predicted octanol–water partition coefficient (Wildman–Crippen LogP) is 5.59. The molecule has 0 aliphatic rings. The number of benzene rings is 3. The Balaban J connectivity index is 1.55. The number of aromatic amines is 1. The summed E-state index contributed by atoms with van der Waals surface area (Å²) in [6, 6.07) is 29.3. The van der Waals surface area contributed by atoms with Gasteiger partial charge in [-0.15, -0.1) is 0 Å². The third kappa shape index (κ3) is 3.49. The van der Waals surface area contributed by atoms with Crippen molar-refractivity contribution in [1.82, 2.24) is 4.98 Å². The van der Waals surface area contributed by atoms with Crippen LogP contribution in [0.3, 0.4) is 0 Å². The van der Waals surface area contributed by atoms with Crippen LogP contribution in [0.15, 0.2) is 84.9 Å². The van der Waals surface area contributed by atoms with E-state index in [9.17, 15) is 0 Å². The molecule has 4 rings (SSSR count). The van der Waals surface area contributed by atoms with Crippen LogP contribution in [0.2, 0.25) is 0 Å². The smallest absolute Gasteiger partial charge is 0.0717 e. The minimum atomic E-state index is 0.657. The average molecular weight is 327 g/mol. The van der Waals surface area contributed by atoms with E-state index >= 15 is 0 Å². The molecule has 0 radical (unpaired) electrons. The Labute approximate surface area is 148 Å². The average Bonchev–Trinajstić information content (AvgIpc) is 3.05. The van der Waals surface area contributed by atoms with Gasteiger partial charge in [0.1, 0.15) is 0 Å². The summed E-state index contributed by atoms with van der Waals surface area (Å²) in [4.78, 5) is 3.58. The molecule has 0 bridgehead atoms. The molecule has 2 heteroatoms. The Morgan fingerprint density at radius 1 is 0.720 bits per heavy atom. The van der Waals surface area contributed by atoms with E-state index in [0.717, 1.165) is 6.42 Å². The van der Waals surface area contributed by atoms with Crippen molar-refractivity contribution >= 4 is 10.9 Å². The van der Waals surface area contributed by atoms with Crippen molar-refractivity contribution < 1.29 is 4.74 Å². The van der Waals surface area contributed by atoms with Crippen molar-refractivity contribution in [3.63, 3.8) is 0 Å². The Kier molecular flexibility index (Phi) is 4.62. The number of rotatable bonds is 6. The van der Waals surface area contributed by atoms with Gasteiger partial charge in [-0.2, -0.15) is 0 Å². The second-order valence-corrected chi connectivity index (χ2v) is 6.18. The summed E-state index contributed by atoms with van der Waals surface area (Å²) in [7, 11) is 0. The number of para-hydroxylation sites is 1. The number of aromatic nitrogens is 1. The second kappa shape index (κ2) is 7.37. The number of hydrogen-bond donors (Lipinski definition) is 1. The van der Waals surface area contributed by atoms with Gasteiger partial charge in [-0.1, -0.05) is 78.9 Å². The summed E-state index contributed by atoms with van der Waals surface area (Å²) >= 11 is 0. The van der Waals surface area contributed by atoms with Crippen molar-refractivity contribution in [3.05, 3.63) is 96.1 Å². The third-order valence-electron chi connectivity index (χ3n) is 4.48. The fourth-order valence-electron chi connectivity index (χ4n) is 3.25. The lowest BCUT2D eigenvalue weighted by Crippen LogP contribution is -2.00. The molecule has 124 valence electrons. The quantitative estimate of drug-likeness (QED) is 0.459. The number of H-pyrrole nitrogens is 1. The molecule has 0 spiro atoms. The summed E-state index contributed by atoms with van der Waals surface area (Å²) in [5.41, 5.74) is 6.14. The first-order chi connectivity index (χ1) is 12.4. The highest BCUT2D eigenvalue weighted by molar-refractivity contribution is 5.90. The molecule has 2 nitrogen and oxygen atoms in total. The van der Waals surface area contributed by atoms with Crippen LogP contribution < -0.4 is 0 Å². The minimum Gasteiger partial charge on any atom is -0.376 e. The molecular formula is C23H21NO. The van der Waals surface area contributed by atoms with Gasteiger partial charge in [-0.25, -0.2) is 0 Å². The molecule has 0 aliphatic carbocycles. The highest BCUT2D eigenvalue weighted by Gasteiger charge is 2.12. The molecule has 0 amide bonds. The van der Waals surface area contributed by atoms with E-state index in [2.05, 4.69) is 71.7 Å². The normalized spacial score (nSPS) is 11.0. The molecule has 1 N–H and O–H groups in total. The van der Waals surface area contributed by atoms with Gasteiger partial charge in [0.15, 0.2) is 0 Å². The Morgan fingerprint density at radius 2 is 1.40 bits per heavy atom. The first kappa shape index (κ1) is 15.7. The highest BCUT2D eigenvalue weighted by atomic mass is 16.5. The molecule has 0 fully saturated rings. The maximum absolute atomic E-state index is 5.92. The number of nitrogens with one attached hydrogen (secondary N) is 1. The molecule has 1 heterocycles. The summed E-state index contributed by atoms with van der Waals surface area (Å²) in [5, 5.41) is 1.28. The first-order valence-corrected chi connectivity index (χ1v) is 8.68. The van der Waals surface area contributed by atoms with Crippen molar-refractivity contribution in [3.8, 4) is 11.3 Å². The lowest BCUT2D eigenvalue weighted by Gasteiger charge is -2.07. The molecule has 3 aromatic carbocycles. The van der Waals surface area contributed by atoms with Crippen LogP contribution in [-0.4, -0.2) is 11.6 Å². The van der Waals surface area contributed by atoms with Crippen molar-refractivity contribution in [2.24, 2.45) is 0 Å². The summed E-state index contributed by atoms with van der Waals surface area (Å²) < 4.78 is 5.92. The van der Waals surface area contributed by atoms with Crippen LogP contribution >= 0.6 is 0 Å². The monoisotopic (exact) mass is 327 g/mol. The second-order valence-electron chi connectivity index (χ2n) is 6.18. The van der Waals surface area contributed by atoms with Gasteiger partial charge in [0.2, 0.25) is 0 Å². The van der Waals surface area contributed by atoms with Crippen molar-refractivity contribution in [2.75, 3.05) is 6.61 Å². The zero-order valence-corrected chi connectivity index (χ0v) is 14.1. The molecule has 4 aromatic rings. The summed E-state index contributed by atoms with van der Waals surface area (Å²) in [6.07, 6.45) is 0.890. The molecular weight excluding hydrogens is 306 g/mol. The van der Waals surface area contributed by atoms with Crippen LogP contribution in [0.5, 0.6) is 0 Å². The topological polar surface area (TPSA) is 25.0 Å². The number of hydrogen-bond acceptors (Lipinski definition) is 1. The van der Waals surface area contributed by atoms with E-state index in [-0.39, 0.29) is 0 Å². The van der Waals surface area contributed by atoms with E-state index in [1.807, 2.05) is 18.2 Å². The van der Waals surface area contributed by atoms with Gasteiger partial charge >= 0.3 is 0 Å². The van der Waals surface area contributed by atoms with E-state index in [1.54, 1.807) is 0 Å². The highest BCUT2D eigenvalue weighted by Crippen LogP contribution is 2.30. The predicted molar refractivity (Wildman–Crippen MR) is 104 cm³/mol. The molecule has 0 saturated heterocycles. The van der Waals surface area contributed by atoms with Gasteiger partial charge in [0, 0.05) is 16.6 Å². The van der Waals surface area contributed by atoms with E-state index < -0.39 is 0 Å². The molecule has 1 aromatic heterocycles. The van der Waals surface area contributed by atoms with Gasteiger partial charge < -0.3 is 9.72 Å². The molecule has 25 heavy (non-hydrogen) atoms. The fraction of sp³-hybridized carbons (Fsp3) is 0.130. The molecule has 0 aliphatic heterocycles. The zero-order valence-electron chi connectivity index (χ0n) is 14.1. The Morgan fingerprint density at radius 3 is 2.20 bits per heavy atom. The lowest BCUT2D eigenvalue weighted by atomic mass is 10.0. The zero-order chi connectivity index (χ0) is 16.9. The van der Waals surface area contributed by atoms with Crippen LogP contribution in [-0.2, 0) is 17.8 Å². The Hall–Kier alpha value is -2.84. The first-order valence-electron chi connectivity index (χ1n) is 8.68. The molecule has 0 unspecified atom stereocenters. The van der Waals surface area contributed by atoms with Crippen LogP contribution in [0.1, 0.15) is 11.1 Å². The van der Waals surface area contributed by atoms with E-state index in [1.165, 1.54) is 33.3 Å². The fourth-order valence-corrected chi connectivity index (χ4v) is 3.25. The Bertz CT molecular complexity index is 942. The standard InChI is InChI=1S/C23H21NO/c1-3-9-18(10-4-1)17-25-16-15-21-20-13-7-8-14-22(20)24-23(21)19-11-5-2-6-12-19/h1-14,24H,15-17H2. The SMILES string of the molecule is c1ccc(COCCc2c(-c3ccccc3)[nH]c3ccccc23)cc1. The van der Waals surface area contributed by atoms with Gasteiger partial charge in [0.05, 0.1) is 13.2 Å². The summed E-state index contributed by atoms with van der Waals surface area (Å²) in [5.74, 6) is 0. The van der Waals surface area contributed by atoms with Gasteiger partial charge in [0.25, 0.3) is 0 Å². The third-order valence-corrected chi connectivity index (χ3v) is 4.48. The van der Waals surface area contributed by atoms with Crippen molar-refractivity contribution in [1.29, 1.82) is 0 Å². The van der Waals surface area contributed by atoms with Gasteiger partial charge in [-0.05, 0) is 29.2 Å². The number of ether oxygens (including phenoxy) is 1. The molecule has 0 saturated carbocycles. The van der Waals surface area contributed by atoms with Crippen LogP contribution in [0.25, 0.3) is 22.2 Å². The minimum absolute atomic E-state index is 0.657. The van der Waals surface area contributed by atoms with Crippen LogP contribution in [0, 0.1) is 0 Å². The van der Waals surface area contributed by atoms with E-state index in [0.29, 0.717) is 13.2 Å².